The third-order valence-electron chi connectivity index (χ3n) is 1.35. The zero-order chi connectivity index (χ0) is 11.6. The first-order valence-corrected chi connectivity index (χ1v) is 4.53. The van der Waals surface area contributed by atoms with Gasteiger partial charge >= 0.3 is 6.36 Å². The molecule has 0 aromatic carbocycles. The predicted molar refractivity (Wildman–Crippen MR) is 52.8 cm³/mol. The summed E-state index contributed by atoms with van der Waals surface area (Å²) in [5, 5.41) is 8.55. The first-order chi connectivity index (χ1) is 6.85. The Morgan fingerprint density at radius 1 is 1.53 bits per heavy atom. The van der Waals surface area contributed by atoms with Gasteiger partial charge in [0.2, 0.25) is 5.88 Å². The van der Waals surface area contributed by atoms with Crippen LogP contribution in [0.4, 0.5) is 18.9 Å². The van der Waals surface area contributed by atoms with Gasteiger partial charge in [-0.15, -0.1) is 13.2 Å². The Morgan fingerprint density at radius 2 is 2.13 bits per heavy atom. The number of halogens is 4. The number of anilines is 1. The summed E-state index contributed by atoms with van der Waals surface area (Å²) < 4.78 is 39.3. The van der Waals surface area contributed by atoms with E-state index in [1.807, 2.05) is 0 Å². The van der Waals surface area contributed by atoms with Gasteiger partial charge in [-0.3, -0.25) is 0 Å². The molecular formula is C7H3F3IN3O. The number of aromatic nitrogens is 1. The fourth-order valence-corrected chi connectivity index (χ4v) is 1.25. The van der Waals surface area contributed by atoms with E-state index in [2.05, 4.69) is 9.72 Å². The molecule has 0 saturated carbocycles. The van der Waals surface area contributed by atoms with Crippen molar-refractivity contribution in [2.45, 2.75) is 6.36 Å². The normalized spacial score (nSPS) is 10.9. The van der Waals surface area contributed by atoms with E-state index in [-0.39, 0.29) is 14.8 Å². The molecule has 1 aromatic rings. The smallest absolute Gasteiger partial charge is 0.393 e. The molecule has 0 aliphatic heterocycles. The van der Waals surface area contributed by atoms with Crippen LogP contribution in [0.5, 0.6) is 5.88 Å². The summed E-state index contributed by atoms with van der Waals surface area (Å²) in [5.41, 5.74) is 5.12. The van der Waals surface area contributed by atoms with Crippen LogP contribution in [-0.2, 0) is 0 Å². The summed E-state index contributed by atoms with van der Waals surface area (Å²) >= 11 is 1.65. The van der Waals surface area contributed by atoms with Crippen LogP contribution in [0.1, 0.15) is 5.56 Å². The average molecular weight is 329 g/mol. The van der Waals surface area contributed by atoms with E-state index >= 15 is 0 Å². The minimum atomic E-state index is -4.85. The highest BCUT2D eigenvalue weighted by molar-refractivity contribution is 14.1. The maximum absolute atomic E-state index is 11.9. The van der Waals surface area contributed by atoms with Crippen molar-refractivity contribution in [3.05, 3.63) is 15.3 Å². The van der Waals surface area contributed by atoms with Gasteiger partial charge in [0.15, 0.2) is 0 Å². The number of alkyl halides is 3. The lowest BCUT2D eigenvalue weighted by Crippen LogP contribution is -2.19. The van der Waals surface area contributed by atoms with Gasteiger partial charge in [0, 0.05) is 6.20 Å². The maximum Gasteiger partial charge on any atom is 0.574 e. The van der Waals surface area contributed by atoms with Crippen molar-refractivity contribution >= 4 is 28.3 Å². The second-order valence-electron chi connectivity index (χ2n) is 2.36. The van der Waals surface area contributed by atoms with E-state index < -0.39 is 12.2 Å². The van der Waals surface area contributed by atoms with E-state index in [4.69, 9.17) is 11.0 Å². The Morgan fingerprint density at radius 3 is 2.60 bits per heavy atom. The lowest BCUT2D eigenvalue weighted by Gasteiger charge is -2.10. The molecule has 0 atom stereocenters. The molecule has 1 rings (SSSR count). The fraction of sp³-hybridized carbons (Fsp3) is 0.143. The van der Waals surface area contributed by atoms with Gasteiger partial charge in [-0.25, -0.2) is 4.98 Å². The summed E-state index contributed by atoms with van der Waals surface area (Å²) in [5.74, 6) is -0.745. The molecule has 0 aliphatic carbocycles. The molecule has 0 bridgehead atoms. The Labute approximate surface area is 96.0 Å². The monoisotopic (exact) mass is 329 g/mol. The molecule has 1 heterocycles. The van der Waals surface area contributed by atoms with E-state index in [1.165, 1.54) is 0 Å². The van der Waals surface area contributed by atoms with Crippen LogP contribution in [0.25, 0.3) is 0 Å². The molecule has 8 heteroatoms. The van der Waals surface area contributed by atoms with Crippen LogP contribution in [0, 0.1) is 14.9 Å². The second kappa shape index (κ2) is 4.09. The second-order valence-corrected chi connectivity index (χ2v) is 3.44. The zero-order valence-electron chi connectivity index (χ0n) is 6.97. The molecule has 80 valence electrons. The van der Waals surface area contributed by atoms with Gasteiger partial charge in [-0.1, -0.05) is 0 Å². The van der Waals surface area contributed by atoms with Crippen LogP contribution < -0.4 is 10.5 Å². The molecule has 4 nitrogen and oxygen atoms in total. The van der Waals surface area contributed by atoms with Gasteiger partial charge in [0.25, 0.3) is 0 Å². The highest BCUT2D eigenvalue weighted by Gasteiger charge is 2.33. The predicted octanol–water partition coefficient (Wildman–Crippen LogP) is 2.04. The first kappa shape index (κ1) is 11.8. The van der Waals surface area contributed by atoms with E-state index in [0.29, 0.717) is 0 Å². The van der Waals surface area contributed by atoms with E-state index in [9.17, 15) is 13.2 Å². The minimum Gasteiger partial charge on any atom is -0.393 e. The lowest BCUT2D eigenvalue weighted by atomic mass is 10.3. The molecule has 0 aliphatic rings. The highest BCUT2D eigenvalue weighted by atomic mass is 127. The Bertz CT molecular complexity index is 427. The SMILES string of the molecule is N#Cc1cnc(OC(F)(F)F)c(N)c1I. The quantitative estimate of drug-likeness (QED) is 0.801. The molecule has 15 heavy (non-hydrogen) atoms. The van der Waals surface area contributed by atoms with Crippen molar-refractivity contribution in [1.82, 2.24) is 4.98 Å². The minimum absolute atomic E-state index is 0.0997. The van der Waals surface area contributed by atoms with Gasteiger partial charge < -0.3 is 10.5 Å². The number of nitrogens with zero attached hydrogens (tertiary/aromatic N) is 2. The summed E-state index contributed by atoms with van der Waals surface area (Å²) in [6.07, 6.45) is -3.88. The van der Waals surface area contributed by atoms with Crippen LogP contribution in [0.2, 0.25) is 0 Å². The van der Waals surface area contributed by atoms with Gasteiger partial charge in [-0.2, -0.15) is 5.26 Å². The fourth-order valence-electron chi connectivity index (χ4n) is 0.757. The van der Waals surface area contributed by atoms with Crippen LogP contribution in [0.15, 0.2) is 6.20 Å². The molecule has 0 spiro atoms. The van der Waals surface area contributed by atoms with Crippen molar-refractivity contribution in [3.63, 3.8) is 0 Å². The molecule has 0 saturated heterocycles. The van der Waals surface area contributed by atoms with Gasteiger partial charge in [0.1, 0.15) is 11.8 Å². The molecule has 0 fully saturated rings. The average Bonchev–Trinajstić information content (AvgIpc) is 2.11. The number of hydrogen-bond acceptors (Lipinski definition) is 4. The lowest BCUT2D eigenvalue weighted by molar-refractivity contribution is -0.275. The molecular weight excluding hydrogens is 326 g/mol. The number of rotatable bonds is 1. The Hall–Kier alpha value is -1.24. The van der Waals surface area contributed by atoms with Gasteiger partial charge in [-0.05, 0) is 22.6 Å². The maximum atomic E-state index is 11.9. The van der Waals surface area contributed by atoms with Crippen molar-refractivity contribution in [2.75, 3.05) is 5.73 Å². The topological polar surface area (TPSA) is 71.9 Å². The standard InChI is InChI=1S/C7H3F3IN3O/c8-7(9,10)15-6-5(13)4(11)3(1-12)2-14-6/h2H,13H2. The molecule has 0 radical (unpaired) electrons. The largest absolute Gasteiger partial charge is 0.574 e. The third-order valence-corrected chi connectivity index (χ3v) is 2.51. The number of pyridine rings is 1. The van der Waals surface area contributed by atoms with Gasteiger partial charge in [0.05, 0.1) is 9.13 Å². The third kappa shape index (κ3) is 2.85. The number of ether oxygens (including phenoxy) is 1. The van der Waals surface area contributed by atoms with E-state index in [1.54, 1.807) is 28.7 Å². The number of nitriles is 1. The Balaban J connectivity index is 3.14. The number of nitrogen functional groups attached to an aromatic ring is 1. The summed E-state index contributed by atoms with van der Waals surface area (Å²) in [7, 11) is 0. The summed E-state index contributed by atoms with van der Waals surface area (Å²) in [4.78, 5) is 3.30. The first-order valence-electron chi connectivity index (χ1n) is 3.45. The summed E-state index contributed by atoms with van der Waals surface area (Å²) in [6.45, 7) is 0. The van der Waals surface area contributed by atoms with Crippen LogP contribution in [0.3, 0.4) is 0 Å². The summed E-state index contributed by atoms with van der Waals surface area (Å²) in [6, 6.07) is 1.74. The van der Waals surface area contributed by atoms with Crippen molar-refractivity contribution in [1.29, 1.82) is 5.26 Å². The number of hydrogen-bond donors (Lipinski definition) is 1. The van der Waals surface area contributed by atoms with Crippen molar-refractivity contribution < 1.29 is 17.9 Å². The zero-order valence-corrected chi connectivity index (χ0v) is 9.13. The van der Waals surface area contributed by atoms with Crippen LogP contribution >= 0.6 is 22.6 Å². The molecule has 1 aromatic heterocycles. The van der Waals surface area contributed by atoms with Crippen LogP contribution in [-0.4, -0.2) is 11.3 Å². The Kier molecular flexibility index (Phi) is 3.23. The van der Waals surface area contributed by atoms with E-state index in [0.717, 1.165) is 6.20 Å². The van der Waals surface area contributed by atoms with Crippen molar-refractivity contribution in [2.24, 2.45) is 0 Å². The molecule has 0 amide bonds. The highest BCUT2D eigenvalue weighted by Crippen LogP contribution is 2.30. The van der Waals surface area contributed by atoms with Crippen molar-refractivity contribution in [3.8, 4) is 11.9 Å². The molecule has 0 unspecified atom stereocenters. The molecule has 2 N–H and O–H groups in total. The number of nitrogens with two attached hydrogens (primary N) is 1.